The van der Waals surface area contributed by atoms with Gasteiger partial charge in [-0.05, 0) is 42.9 Å². The highest BCUT2D eigenvalue weighted by Crippen LogP contribution is 2.51. The van der Waals surface area contributed by atoms with Crippen LogP contribution in [-0.2, 0) is 9.59 Å². The molecule has 1 saturated heterocycles. The van der Waals surface area contributed by atoms with Crippen molar-refractivity contribution in [3.8, 4) is 0 Å². The highest BCUT2D eigenvalue weighted by Gasteiger charge is 2.47. The summed E-state index contributed by atoms with van der Waals surface area (Å²) in [5.41, 5.74) is 6.41. The predicted octanol–water partition coefficient (Wildman–Crippen LogP) is 2.41. The second kappa shape index (κ2) is 7.94. The summed E-state index contributed by atoms with van der Waals surface area (Å²) in [5, 5.41) is 4.03. The smallest absolute Gasteiger partial charge is 0.226 e. The number of likely N-dealkylation sites (tertiary alicyclic amines) is 1. The number of hydrogen-bond acceptors (Lipinski definition) is 3. The van der Waals surface area contributed by atoms with Crippen molar-refractivity contribution < 1.29 is 9.59 Å². The van der Waals surface area contributed by atoms with Crippen LogP contribution in [0.15, 0.2) is 18.2 Å². The van der Waals surface area contributed by atoms with Crippen LogP contribution in [0.2, 0.25) is 10.0 Å². The first kappa shape index (κ1) is 18.5. The minimum absolute atomic E-state index is 0.00366. The standard InChI is InChI=1S/C18H23Cl2N3O2/c19-12-3-4-13(16(20)8-12)14-9-15(14)18(25)23-7-1-2-11(10-23)17(24)22-6-5-21/h3-4,8,11,14-15H,1-2,5-7,9-10,21H2,(H,22,24). The lowest BCUT2D eigenvalue weighted by Crippen LogP contribution is -2.46. The molecule has 2 amide bonds. The van der Waals surface area contributed by atoms with E-state index in [4.69, 9.17) is 28.9 Å². The average molecular weight is 384 g/mol. The van der Waals surface area contributed by atoms with Gasteiger partial charge in [-0.25, -0.2) is 0 Å². The molecule has 3 unspecified atom stereocenters. The summed E-state index contributed by atoms with van der Waals surface area (Å²) < 4.78 is 0. The van der Waals surface area contributed by atoms with Gasteiger partial charge in [0.25, 0.3) is 0 Å². The third-order valence-electron chi connectivity index (χ3n) is 5.02. The van der Waals surface area contributed by atoms with Crippen molar-refractivity contribution in [1.82, 2.24) is 10.2 Å². The van der Waals surface area contributed by atoms with Gasteiger partial charge in [0.15, 0.2) is 0 Å². The highest BCUT2D eigenvalue weighted by atomic mass is 35.5. The van der Waals surface area contributed by atoms with Gasteiger partial charge < -0.3 is 16.0 Å². The predicted molar refractivity (Wildman–Crippen MR) is 98.7 cm³/mol. The van der Waals surface area contributed by atoms with Crippen molar-refractivity contribution in [2.45, 2.75) is 25.2 Å². The molecule has 2 aliphatic rings. The third-order valence-corrected chi connectivity index (χ3v) is 5.58. The Kier molecular flexibility index (Phi) is 5.87. The lowest BCUT2D eigenvalue weighted by molar-refractivity contribution is -0.136. The van der Waals surface area contributed by atoms with E-state index < -0.39 is 0 Å². The van der Waals surface area contributed by atoms with Crippen molar-refractivity contribution in [2.75, 3.05) is 26.2 Å². The summed E-state index contributed by atoms with van der Waals surface area (Å²) >= 11 is 12.2. The third kappa shape index (κ3) is 4.27. The van der Waals surface area contributed by atoms with Crippen molar-refractivity contribution >= 4 is 35.0 Å². The van der Waals surface area contributed by atoms with Crippen LogP contribution < -0.4 is 11.1 Å². The summed E-state index contributed by atoms with van der Waals surface area (Å²) in [6.07, 6.45) is 2.48. The fourth-order valence-electron chi connectivity index (χ4n) is 3.58. The number of hydrogen-bond donors (Lipinski definition) is 2. The van der Waals surface area contributed by atoms with Crippen LogP contribution in [0, 0.1) is 11.8 Å². The summed E-state index contributed by atoms with van der Waals surface area (Å²) in [6, 6.07) is 5.43. The Morgan fingerprint density at radius 2 is 2.12 bits per heavy atom. The Labute approximate surface area is 157 Å². The number of amides is 2. The molecule has 1 aromatic rings. The highest BCUT2D eigenvalue weighted by molar-refractivity contribution is 6.35. The van der Waals surface area contributed by atoms with E-state index in [1.54, 1.807) is 12.1 Å². The molecule has 25 heavy (non-hydrogen) atoms. The molecule has 0 radical (unpaired) electrons. The second-order valence-corrected chi connectivity index (χ2v) is 7.66. The van der Waals surface area contributed by atoms with Crippen LogP contribution >= 0.6 is 23.2 Å². The van der Waals surface area contributed by atoms with Crippen LogP contribution in [0.3, 0.4) is 0 Å². The molecular formula is C18H23Cl2N3O2. The zero-order valence-electron chi connectivity index (χ0n) is 14.0. The molecule has 7 heteroatoms. The number of benzene rings is 1. The van der Waals surface area contributed by atoms with Crippen molar-refractivity contribution in [3.63, 3.8) is 0 Å². The lowest BCUT2D eigenvalue weighted by atomic mass is 9.96. The lowest BCUT2D eigenvalue weighted by Gasteiger charge is -2.32. The molecule has 0 bridgehead atoms. The van der Waals surface area contributed by atoms with E-state index in [2.05, 4.69) is 5.32 Å². The maximum atomic E-state index is 12.8. The van der Waals surface area contributed by atoms with E-state index in [-0.39, 0.29) is 29.6 Å². The van der Waals surface area contributed by atoms with Gasteiger partial charge in [-0.2, -0.15) is 0 Å². The van der Waals surface area contributed by atoms with E-state index in [0.717, 1.165) is 31.4 Å². The largest absolute Gasteiger partial charge is 0.355 e. The molecular weight excluding hydrogens is 361 g/mol. The van der Waals surface area contributed by atoms with Crippen molar-refractivity contribution in [2.24, 2.45) is 17.6 Å². The summed E-state index contributed by atoms with van der Waals surface area (Å²) in [5.74, 6) is 0.109. The monoisotopic (exact) mass is 383 g/mol. The first-order valence-electron chi connectivity index (χ1n) is 8.72. The number of piperidine rings is 1. The Bertz CT molecular complexity index is 668. The Hall–Kier alpha value is -1.30. The van der Waals surface area contributed by atoms with Gasteiger partial charge in [0, 0.05) is 42.1 Å². The van der Waals surface area contributed by atoms with Gasteiger partial charge in [-0.3, -0.25) is 9.59 Å². The molecule has 1 aromatic carbocycles. The first-order valence-corrected chi connectivity index (χ1v) is 9.48. The molecule has 5 nitrogen and oxygen atoms in total. The molecule has 3 rings (SSSR count). The normalized spacial score (nSPS) is 25.6. The summed E-state index contributed by atoms with van der Waals surface area (Å²) in [4.78, 5) is 26.8. The Morgan fingerprint density at radius 3 is 2.84 bits per heavy atom. The van der Waals surface area contributed by atoms with Gasteiger partial charge in [-0.15, -0.1) is 0 Å². The topological polar surface area (TPSA) is 75.4 Å². The molecule has 1 aliphatic heterocycles. The van der Waals surface area contributed by atoms with Crippen LogP contribution in [-0.4, -0.2) is 42.9 Å². The SMILES string of the molecule is NCCNC(=O)C1CCCN(C(=O)C2CC2c2ccc(Cl)cc2Cl)C1. The van der Waals surface area contributed by atoms with Gasteiger partial charge in [-0.1, -0.05) is 29.3 Å². The van der Waals surface area contributed by atoms with E-state index in [1.165, 1.54) is 0 Å². The van der Waals surface area contributed by atoms with E-state index in [1.807, 2.05) is 11.0 Å². The fraction of sp³-hybridized carbons (Fsp3) is 0.556. The number of nitrogens with two attached hydrogens (primary N) is 1. The summed E-state index contributed by atoms with van der Waals surface area (Å²) in [6.45, 7) is 2.11. The van der Waals surface area contributed by atoms with E-state index in [9.17, 15) is 9.59 Å². The van der Waals surface area contributed by atoms with Gasteiger partial charge in [0.05, 0.1) is 5.92 Å². The number of halogens is 2. The number of nitrogens with zero attached hydrogens (tertiary/aromatic N) is 1. The van der Waals surface area contributed by atoms with Gasteiger partial charge in [0.1, 0.15) is 0 Å². The number of rotatable bonds is 5. The number of carbonyl (C=O) groups excluding carboxylic acids is 2. The van der Waals surface area contributed by atoms with Crippen LogP contribution in [0.4, 0.5) is 0 Å². The molecule has 3 N–H and O–H groups in total. The number of carbonyl (C=O) groups is 2. The van der Waals surface area contributed by atoms with Crippen LogP contribution in [0.5, 0.6) is 0 Å². The van der Waals surface area contributed by atoms with E-state index >= 15 is 0 Å². The molecule has 0 spiro atoms. The van der Waals surface area contributed by atoms with Crippen molar-refractivity contribution in [3.05, 3.63) is 33.8 Å². The Morgan fingerprint density at radius 1 is 1.32 bits per heavy atom. The molecule has 1 aliphatic carbocycles. The maximum Gasteiger partial charge on any atom is 0.226 e. The van der Waals surface area contributed by atoms with Crippen LogP contribution in [0.25, 0.3) is 0 Å². The van der Waals surface area contributed by atoms with Crippen molar-refractivity contribution in [1.29, 1.82) is 0 Å². The van der Waals surface area contributed by atoms with Crippen LogP contribution in [0.1, 0.15) is 30.7 Å². The minimum atomic E-state index is -0.138. The summed E-state index contributed by atoms with van der Waals surface area (Å²) in [7, 11) is 0. The molecule has 0 aromatic heterocycles. The average Bonchev–Trinajstić information content (AvgIpc) is 3.39. The maximum absolute atomic E-state index is 12.8. The Balaban J connectivity index is 1.59. The second-order valence-electron chi connectivity index (χ2n) is 6.82. The first-order chi connectivity index (χ1) is 12.0. The van der Waals surface area contributed by atoms with Gasteiger partial charge in [0.2, 0.25) is 11.8 Å². The fourth-order valence-corrected chi connectivity index (χ4v) is 4.13. The zero-order chi connectivity index (χ0) is 18.0. The number of nitrogens with one attached hydrogen (secondary N) is 1. The molecule has 3 atom stereocenters. The van der Waals surface area contributed by atoms with Gasteiger partial charge >= 0.3 is 0 Å². The minimum Gasteiger partial charge on any atom is -0.355 e. The van der Waals surface area contributed by atoms with E-state index in [0.29, 0.717) is 29.7 Å². The quantitative estimate of drug-likeness (QED) is 0.819. The molecule has 2 fully saturated rings. The molecule has 1 heterocycles. The zero-order valence-corrected chi connectivity index (χ0v) is 15.5. The molecule has 1 saturated carbocycles. The molecule has 136 valence electrons.